The van der Waals surface area contributed by atoms with Gasteiger partial charge in [-0.3, -0.25) is 14.5 Å². The van der Waals surface area contributed by atoms with E-state index in [1.165, 1.54) is 49.0 Å². The maximum absolute atomic E-state index is 13.6. The number of para-hydroxylation sites is 1. The van der Waals surface area contributed by atoms with E-state index in [0.717, 1.165) is 24.9 Å². The Labute approximate surface area is 224 Å². The summed E-state index contributed by atoms with van der Waals surface area (Å²) in [6.07, 6.45) is 7.45. The molecule has 0 saturated heterocycles. The second kappa shape index (κ2) is 12.8. The zero-order chi connectivity index (χ0) is 26.2. The van der Waals surface area contributed by atoms with Crippen LogP contribution in [-0.2, 0) is 17.6 Å². The number of pyridine rings is 1. The maximum atomic E-state index is 13.6. The number of carbonyl (C=O) groups excluding carboxylic acids is 2. The van der Waals surface area contributed by atoms with Gasteiger partial charge in [-0.05, 0) is 81.1 Å². The largest absolute Gasteiger partial charge is 0.319 e. The van der Waals surface area contributed by atoms with Gasteiger partial charge in [0.1, 0.15) is 0 Å². The van der Waals surface area contributed by atoms with Gasteiger partial charge in [-0.1, -0.05) is 61.8 Å². The molecule has 0 saturated carbocycles. The Morgan fingerprint density at radius 1 is 0.973 bits per heavy atom. The Morgan fingerprint density at radius 3 is 2.41 bits per heavy atom. The second-order valence-electron chi connectivity index (χ2n) is 9.52. The second-order valence-corrected chi connectivity index (χ2v) is 9.95. The Morgan fingerprint density at radius 2 is 1.68 bits per heavy atom. The molecule has 0 aliphatic carbocycles. The van der Waals surface area contributed by atoms with Gasteiger partial charge in [-0.2, -0.15) is 0 Å². The fraction of sp³-hybridized carbons (Fsp3) is 0.367. The van der Waals surface area contributed by atoms with E-state index in [1.807, 2.05) is 18.2 Å². The van der Waals surface area contributed by atoms with E-state index in [0.29, 0.717) is 27.8 Å². The molecule has 0 atom stereocenters. The Kier molecular flexibility index (Phi) is 9.31. The number of benzene rings is 2. The molecule has 2 aromatic carbocycles. The van der Waals surface area contributed by atoms with Gasteiger partial charge in [-0.25, -0.2) is 4.98 Å². The van der Waals surface area contributed by atoms with E-state index in [-0.39, 0.29) is 18.2 Å². The van der Waals surface area contributed by atoms with E-state index in [1.54, 1.807) is 24.3 Å². The van der Waals surface area contributed by atoms with Gasteiger partial charge >= 0.3 is 0 Å². The highest BCUT2D eigenvalue weighted by atomic mass is 35.5. The summed E-state index contributed by atoms with van der Waals surface area (Å²) in [4.78, 5) is 34.9. The summed E-state index contributed by atoms with van der Waals surface area (Å²) in [6.45, 7) is 7.98. The Bertz CT molecular complexity index is 1220. The molecular weight excluding hydrogens is 484 g/mol. The van der Waals surface area contributed by atoms with Crippen molar-refractivity contribution in [3.8, 4) is 0 Å². The summed E-state index contributed by atoms with van der Waals surface area (Å²) >= 11 is 6.13. The molecule has 0 bridgehead atoms. The molecule has 1 aromatic heterocycles. The summed E-state index contributed by atoms with van der Waals surface area (Å²) < 4.78 is 0. The number of aryl methyl sites for hydroxylation is 1. The van der Waals surface area contributed by atoms with Gasteiger partial charge in [0.05, 0.1) is 28.4 Å². The Hall–Kier alpha value is -3.22. The van der Waals surface area contributed by atoms with Crippen LogP contribution in [0.2, 0.25) is 5.02 Å². The average Bonchev–Trinajstić information content (AvgIpc) is 3.01. The van der Waals surface area contributed by atoms with Crippen molar-refractivity contribution in [2.75, 3.05) is 29.9 Å². The van der Waals surface area contributed by atoms with Crippen molar-refractivity contribution in [2.24, 2.45) is 0 Å². The normalized spacial score (nSPS) is 12.6. The van der Waals surface area contributed by atoms with Crippen molar-refractivity contribution >= 4 is 40.6 Å². The van der Waals surface area contributed by atoms with E-state index >= 15 is 0 Å². The molecule has 1 N–H and O–H groups in total. The van der Waals surface area contributed by atoms with E-state index in [4.69, 9.17) is 11.6 Å². The van der Waals surface area contributed by atoms with Crippen LogP contribution in [0.4, 0.5) is 17.2 Å². The van der Waals surface area contributed by atoms with Gasteiger partial charge in [0.25, 0.3) is 5.91 Å². The minimum atomic E-state index is -0.298. The summed E-state index contributed by atoms with van der Waals surface area (Å²) in [5, 5.41) is 3.22. The van der Waals surface area contributed by atoms with Gasteiger partial charge < -0.3 is 10.2 Å². The zero-order valence-electron chi connectivity index (χ0n) is 21.7. The molecule has 37 heavy (non-hydrogen) atoms. The van der Waals surface area contributed by atoms with E-state index in [2.05, 4.69) is 41.2 Å². The van der Waals surface area contributed by atoms with Crippen LogP contribution < -0.4 is 10.2 Å². The maximum Gasteiger partial charge on any atom is 0.257 e. The summed E-state index contributed by atoms with van der Waals surface area (Å²) in [5.74, 6) is -0.0997. The fourth-order valence-electron chi connectivity index (χ4n) is 4.83. The van der Waals surface area contributed by atoms with Crippen LogP contribution in [0.1, 0.15) is 61.0 Å². The quantitative estimate of drug-likeness (QED) is 0.288. The molecule has 0 radical (unpaired) electrons. The van der Waals surface area contributed by atoms with Gasteiger partial charge in [0.15, 0.2) is 5.82 Å². The number of unbranched alkanes of at least 4 members (excludes halogenated alkanes) is 1. The molecule has 7 heteroatoms. The van der Waals surface area contributed by atoms with Crippen molar-refractivity contribution in [3.63, 3.8) is 0 Å². The number of hydrogen-bond donors (Lipinski definition) is 1. The lowest BCUT2D eigenvalue weighted by Gasteiger charge is -2.23. The van der Waals surface area contributed by atoms with Crippen LogP contribution in [0, 0.1) is 0 Å². The fourth-order valence-corrected chi connectivity index (χ4v) is 4.99. The summed E-state index contributed by atoms with van der Waals surface area (Å²) in [6, 6.07) is 17.0. The first-order valence-corrected chi connectivity index (χ1v) is 13.6. The van der Waals surface area contributed by atoms with Crippen molar-refractivity contribution in [3.05, 3.63) is 82.5 Å². The molecule has 6 nitrogen and oxygen atoms in total. The van der Waals surface area contributed by atoms with Crippen molar-refractivity contribution in [2.45, 2.75) is 52.4 Å². The van der Waals surface area contributed by atoms with Gasteiger partial charge in [-0.15, -0.1) is 0 Å². The van der Waals surface area contributed by atoms with E-state index < -0.39 is 0 Å². The third kappa shape index (κ3) is 6.76. The first-order valence-electron chi connectivity index (χ1n) is 13.2. The highest BCUT2D eigenvalue weighted by Gasteiger charge is 2.30. The van der Waals surface area contributed by atoms with Gasteiger partial charge in [0, 0.05) is 6.20 Å². The molecular formula is C30H35ClN4O2. The van der Waals surface area contributed by atoms with Crippen molar-refractivity contribution < 1.29 is 9.59 Å². The number of aromatic nitrogens is 1. The molecule has 2 amide bonds. The lowest BCUT2D eigenvalue weighted by Crippen LogP contribution is -2.29. The third-order valence-corrected chi connectivity index (χ3v) is 6.79. The molecule has 4 rings (SSSR count). The summed E-state index contributed by atoms with van der Waals surface area (Å²) in [5.41, 5.74) is 3.54. The molecule has 2 heterocycles. The van der Waals surface area contributed by atoms with Crippen LogP contribution in [0.5, 0.6) is 0 Å². The lowest BCUT2D eigenvalue weighted by molar-refractivity contribution is -0.117. The number of hydrogen-bond acceptors (Lipinski definition) is 4. The van der Waals surface area contributed by atoms with E-state index in [9.17, 15) is 9.59 Å². The lowest BCUT2D eigenvalue weighted by atomic mass is 10.0. The first-order chi connectivity index (χ1) is 18.0. The minimum absolute atomic E-state index is 0.167. The van der Waals surface area contributed by atoms with Crippen LogP contribution in [0.15, 0.2) is 60.8 Å². The number of halogens is 1. The monoisotopic (exact) mass is 518 g/mol. The van der Waals surface area contributed by atoms with Crippen molar-refractivity contribution in [1.29, 1.82) is 0 Å². The predicted molar refractivity (Wildman–Crippen MR) is 151 cm³/mol. The number of rotatable bonds is 11. The highest BCUT2D eigenvalue weighted by Crippen LogP contribution is 2.37. The number of fused-ring (bicyclic) bond motifs is 2. The Balaban J connectivity index is 1.44. The topological polar surface area (TPSA) is 65.5 Å². The highest BCUT2D eigenvalue weighted by molar-refractivity contribution is 6.31. The van der Waals surface area contributed by atoms with Crippen LogP contribution in [0.25, 0.3) is 0 Å². The van der Waals surface area contributed by atoms with Gasteiger partial charge in [0.2, 0.25) is 5.91 Å². The smallest absolute Gasteiger partial charge is 0.257 e. The first kappa shape index (κ1) is 26.8. The predicted octanol–water partition coefficient (Wildman–Crippen LogP) is 6.65. The standard InChI is InChI=1S/C30H35ClN4O2/c1-3-16-34(17-4-2)18-8-7-9-22-12-14-23(15-13-22)19-28(36)35-27-11-6-5-10-25(27)30(37)33-26-20-24(31)21-32-29(26)35/h5-6,10-15,20-21H,3-4,7-9,16-19H2,1-2H3,(H,33,37). The van der Waals surface area contributed by atoms with Crippen LogP contribution in [-0.4, -0.2) is 41.3 Å². The molecule has 0 fully saturated rings. The third-order valence-electron chi connectivity index (χ3n) is 6.58. The number of anilines is 3. The number of carbonyl (C=O) groups is 2. The van der Waals surface area contributed by atoms with Crippen LogP contribution in [0.3, 0.4) is 0 Å². The number of nitrogens with zero attached hydrogens (tertiary/aromatic N) is 3. The molecule has 1 aliphatic rings. The molecule has 194 valence electrons. The SMILES string of the molecule is CCCN(CCC)CCCCc1ccc(CC(=O)N2c3ccccc3C(=O)Nc3cc(Cl)cnc32)cc1. The van der Waals surface area contributed by atoms with Crippen molar-refractivity contribution in [1.82, 2.24) is 9.88 Å². The molecule has 1 aliphatic heterocycles. The molecule has 0 unspecified atom stereocenters. The number of nitrogens with one attached hydrogen (secondary N) is 1. The average molecular weight is 519 g/mol. The summed E-state index contributed by atoms with van der Waals surface area (Å²) in [7, 11) is 0. The van der Waals surface area contributed by atoms with Crippen LogP contribution >= 0.6 is 11.6 Å². The molecule has 3 aromatic rings. The zero-order valence-corrected chi connectivity index (χ0v) is 22.4. The minimum Gasteiger partial charge on any atom is -0.319 e. The number of amides is 2. The molecule has 0 spiro atoms.